The Morgan fingerprint density at radius 1 is 0.923 bits per heavy atom. The summed E-state index contributed by atoms with van der Waals surface area (Å²) >= 11 is 0. The molecule has 0 bridgehead atoms. The van der Waals surface area contributed by atoms with Crippen LogP contribution in [0.5, 0.6) is 0 Å². The Bertz CT molecular complexity index is 869. The van der Waals surface area contributed by atoms with E-state index in [0.29, 0.717) is 5.69 Å². The summed E-state index contributed by atoms with van der Waals surface area (Å²) in [6.45, 7) is 3.65. The summed E-state index contributed by atoms with van der Waals surface area (Å²) in [7, 11) is 0. The van der Waals surface area contributed by atoms with Crippen LogP contribution in [0.3, 0.4) is 0 Å². The van der Waals surface area contributed by atoms with E-state index in [2.05, 4.69) is 22.2 Å². The molecule has 3 fully saturated rings. The number of benzene rings is 2. The maximum absolute atomic E-state index is 13.5. The van der Waals surface area contributed by atoms with Crippen LogP contribution in [0, 0.1) is 5.92 Å². The van der Waals surface area contributed by atoms with Crippen LogP contribution >= 0.6 is 0 Å². The monoisotopic (exact) mass is 347 g/mol. The highest BCUT2D eigenvalue weighted by Gasteiger charge is 2.70. The van der Waals surface area contributed by atoms with Crippen molar-refractivity contribution in [2.45, 2.75) is 24.9 Å². The van der Waals surface area contributed by atoms with Crippen molar-refractivity contribution in [3.63, 3.8) is 0 Å². The van der Waals surface area contributed by atoms with Gasteiger partial charge in [0, 0.05) is 13.1 Å². The topological polar surface area (TPSA) is 43.9 Å². The van der Waals surface area contributed by atoms with E-state index in [4.69, 9.17) is 0 Å². The molecule has 5 nitrogen and oxygen atoms in total. The highest BCUT2D eigenvalue weighted by molar-refractivity contribution is 6.25. The van der Waals surface area contributed by atoms with Crippen LogP contribution in [0.2, 0.25) is 0 Å². The first-order valence-corrected chi connectivity index (χ1v) is 9.16. The summed E-state index contributed by atoms with van der Waals surface area (Å²) in [5, 5.41) is 4.40. The van der Waals surface area contributed by atoms with Gasteiger partial charge in [-0.1, -0.05) is 48.5 Å². The average Bonchev–Trinajstić information content (AvgIpc) is 3.29. The number of rotatable bonds is 2. The smallest absolute Gasteiger partial charge is 0.256 e. The van der Waals surface area contributed by atoms with E-state index in [1.54, 1.807) is 0 Å². The summed E-state index contributed by atoms with van der Waals surface area (Å²) in [6.07, 6.45) is 1.01. The van der Waals surface area contributed by atoms with Gasteiger partial charge in [0.2, 0.25) is 5.91 Å². The van der Waals surface area contributed by atoms with Gasteiger partial charge in [-0.25, -0.2) is 14.9 Å². The molecule has 0 aromatic heterocycles. The molecule has 2 aromatic rings. The number of carbonyl (C=O) groups excluding carboxylic acids is 2. The first-order valence-electron chi connectivity index (χ1n) is 9.16. The first-order chi connectivity index (χ1) is 12.6. The maximum Gasteiger partial charge on any atom is 0.256 e. The van der Waals surface area contributed by atoms with Gasteiger partial charge in [-0.05, 0) is 31.0 Å². The number of hydrogen-bond donors (Lipinski definition) is 0. The molecular weight excluding hydrogens is 326 g/mol. The van der Waals surface area contributed by atoms with Gasteiger partial charge >= 0.3 is 0 Å². The third-order valence-electron chi connectivity index (χ3n) is 6.12. The normalized spacial score (nSPS) is 31.5. The molecule has 0 N–H and O–H groups in total. The number of para-hydroxylation sites is 1. The molecule has 3 aliphatic heterocycles. The summed E-state index contributed by atoms with van der Waals surface area (Å²) < 4.78 is 0. The van der Waals surface area contributed by atoms with E-state index in [-0.39, 0.29) is 17.9 Å². The molecule has 3 atom stereocenters. The van der Waals surface area contributed by atoms with Gasteiger partial charge in [-0.15, -0.1) is 0 Å². The van der Waals surface area contributed by atoms with E-state index < -0.39 is 11.5 Å². The zero-order valence-electron chi connectivity index (χ0n) is 14.7. The number of hydrogen-bond acceptors (Lipinski definition) is 4. The predicted octanol–water partition coefficient (Wildman–Crippen LogP) is 2.61. The second-order valence-corrected chi connectivity index (χ2v) is 7.43. The molecule has 2 aromatic carbocycles. The van der Waals surface area contributed by atoms with Gasteiger partial charge in [0.05, 0.1) is 17.6 Å². The third kappa shape index (κ3) is 1.87. The Hall–Kier alpha value is -2.50. The first kappa shape index (κ1) is 15.7. The lowest BCUT2D eigenvalue weighted by atomic mass is 9.81. The summed E-state index contributed by atoms with van der Waals surface area (Å²) in [5.74, 6) is -0.589. The average molecular weight is 347 g/mol. The zero-order valence-corrected chi connectivity index (χ0v) is 14.7. The van der Waals surface area contributed by atoms with E-state index in [1.165, 1.54) is 4.90 Å². The minimum Gasteiger partial charge on any atom is -0.274 e. The molecule has 3 heterocycles. The quantitative estimate of drug-likeness (QED) is 0.784. The lowest BCUT2D eigenvalue weighted by Crippen LogP contribution is -2.52. The lowest BCUT2D eigenvalue weighted by Gasteiger charge is -2.33. The Balaban J connectivity index is 1.65. The number of fused-ring (bicyclic) bond motifs is 3. The zero-order chi connectivity index (χ0) is 17.9. The maximum atomic E-state index is 13.5. The van der Waals surface area contributed by atoms with Gasteiger partial charge in [0.15, 0.2) is 0 Å². The van der Waals surface area contributed by atoms with Crippen LogP contribution in [-0.2, 0) is 9.59 Å². The summed E-state index contributed by atoms with van der Waals surface area (Å²) in [4.78, 5) is 28.3. The number of amides is 2. The standard InChI is InChI=1S/C21H21N3O2/c1-21-17(19(25)24(20(21)26)16-11-6-3-7-12-16)18(15-9-4-2-5-10-15)22-13-8-14-23(21)22/h2-7,9-12,17-18H,8,13-14H2,1H3/t17-,18+,21-/m1/s1. The van der Waals surface area contributed by atoms with Crippen LogP contribution in [0.25, 0.3) is 0 Å². The van der Waals surface area contributed by atoms with Crippen LogP contribution in [-0.4, -0.2) is 40.5 Å². The minimum absolute atomic E-state index is 0.0890. The van der Waals surface area contributed by atoms with Crippen molar-refractivity contribution in [1.82, 2.24) is 10.0 Å². The molecule has 0 saturated carbocycles. The van der Waals surface area contributed by atoms with Crippen LogP contribution in [0.15, 0.2) is 60.7 Å². The molecular formula is C21H21N3O2. The third-order valence-corrected chi connectivity index (χ3v) is 6.12. The molecule has 0 unspecified atom stereocenters. The van der Waals surface area contributed by atoms with Crippen LogP contribution in [0.1, 0.15) is 24.9 Å². The lowest BCUT2D eigenvalue weighted by molar-refractivity contribution is -0.131. The van der Waals surface area contributed by atoms with Crippen molar-refractivity contribution < 1.29 is 9.59 Å². The fourth-order valence-electron chi connectivity index (χ4n) is 4.98. The molecule has 132 valence electrons. The van der Waals surface area contributed by atoms with Crippen molar-refractivity contribution in [3.05, 3.63) is 66.2 Å². The number of anilines is 1. The number of carbonyl (C=O) groups is 2. The van der Waals surface area contributed by atoms with Crippen LogP contribution < -0.4 is 4.90 Å². The van der Waals surface area contributed by atoms with Crippen molar-refractivity contribution >= 4 is 17.5 Å². The Morgan fingerprint density at radius 3 is 2.27 bits per heavy atom. The van der Waals surface area contributed by atoms with E-state index in [0.717, 1.165) is 25.1 Å². The fraction of sp³-hybridized carbons (Fsp3) is 0.333. The van der Waals surface area contributed by atoms with Gasteiger partial charge < -0.3 is 0 Å². The summed E-state index contributed by atoms with van der Waals surface area (Å²) in [6, 6.07) is 19.3. The van der Waals surface area contributed by atoms with Gasteiger partial charge in [-0.2, -0.15) is 0 Å². The number of nitrogens with zero attached hydrogens (tertiary/aromatic N) is 3. The SMILES string of the molecule is C[C@]12C(=O)N(c3ccccc3)C(=O)[C@H]1[C@H](c1ccccc1)N1CCCN12. The Morgan fingerprint density at radius 2 is 1.58 bits per heavy atom. The Labute approximate surface area is 152 Å². The fourth-order valence-corrected chi connectivity index (χ4v) is 4.98. The minimum atomic E-state index is -0.816. The second kappa shape index (κ2) is 5.50. The molecule has 5 heteroatoms. The van der Waals surface area contributed by atoms with Gasteiger partial charge in [0.25, 0.3) is 5.91 Å². The molecule has 3 aliphatic rings. The van der Waals surface area contributed by atoms with Gasteiger partial charge in [0.1, 0.15) is 5.54 Å². The Kier molecular flexibility index (Phi) is 3.33. The highest BCUT2D eigenvalue weighted by atomic mass is 16.2. The van der Waals surface area contributed by atoms with Crippen molar-refractivity contribution in [2.24, 2.45) is 5.92 Å². The van der Waals surface area contributed by atoms with Crippen molar-refractivity contribution in [3.8, 4) is 0 Å². The van der Waals surface area contributed by atoms with Crippen molar-refractivity contribution in [1.29, 1.82) is 0 Å². The van der Waals surface area contributed by atoms with Gasteiger partial charge in [-0.3, -0.25) is 9.59 Å². The van der Waals surface area contributed by atoms with Crippen molar-refractivity contribution in [2.75, 3.05) is 18.0 Å². The predicted molar refractivity (Wildman–Crippen MR) is 98.0 cm³/mol. The highest BCUT2D eigenvalue weighted by Crippen LogP contribution is 2.54. The molecule has 5 rings (SSSR count). The molecule has 0 aliphatic carbocycles. The van der Waals surface area contributed by atoms with E-state index in [1.807, 2.05) is 55.5 Å². The molecule has 3 saturated heterocycles. The molecule has 0 radical (unpaired) electrons. The number of imide groups is 1. The second-order valence-electron chi connectivity index (χ2n) is 7.43. The summed E-state index contributed by atoms with van der Waals surface area (Å²) in [5.41, 5.74) is 0.948. The van der Waals surface area contributed by atoms with Crippen LogP contribution in [0.4, 0.5) is 5.69 Å². The molecule has 0 spiro atoms. The van der Waals surface area contributed by atoms with E-state index >= 15 is 0 Å². The molecule has 2 amide bonds. The molecule has 26 heavy (non-hydrogen) atoms. The largest absolute Gasteiger partial charge is 0.274 e. The number of hydrazine groups is 1. The van der Waals surface area contributed by atoms with E-state index in [9.17, 15) is 9.59 Å².